The van der Waals surface area contributed by atoms with Crippen molar-refractivity contribution in [2.45, 2.75) is 33.1 Å². The highest BCUT2D eigenvalue weighted by Gasteiger charge is 2.37. The van der Waals surface area contributed by atoms with Crippen molar-refractivity contribution in [2.24, 2.45) is 11.1 Å². The zero-order chi connectivity index (χ0) is 15.1. The number of alkyl halides is 1. The van der Waals surface area contributed by atoms with E-state index in [1.54, 1.807) is 0 Å². The van der Waals surface area contributed by atoms with Crippen LogP contribution in [0.25, 0.3) is 0 Å². The van der Waals surface area contributed by atoms with Gasteiger partial charge in [0, 0.05) is 12.4 Å². The zero-order valence-electron chi connectivity index (χ0n) is 11.2. The molecule has 0 aromatic heterocycles. The first-order valence-electron chi connectivity index (χ1n) is 6.02. The molecular formula is C11H21ClN2O4S. The van der Waals surface area contributed by atoms with Crippen molar-refractivity contribution in [1.82, 2.24) is 4.72 Å². The van der Waals surface area contributed by atoms with Gasteiger partial charge in [0.25, 0.3) is 0 Å². The van der Waals surface area contributed by atoms with Gasteiger partial charge >= 0.3 is 0 Å². The van der Waals surface area contributed by atoms with E-state index in [0.29, 0.717) is 13.0 Å². The van der Waals surface area contributed by atoms with Gasteiger partial charge in [-0.3, -0.25) is 9.59 Å². The molecule has 0 saturated carbocycles. The lowest BCUT2D eigenvalue weighted by Crippen LogP contribution is -2.42. The molecule has 8 heteroatoms. The molecule has 0 aliphatic rings. The van der Waals surface area contributed by atoms with E-state index in [0.717, 1.165) is 6.42 Å². The minimum absolute atomic E-state index is 0.187. The molecule has 0 aliphatic heterocycles. The Morgan fingerprint density at radius 1 is 1.37 bits per heavy atom. The maximum Gasteiger partial charge on any atom is 0.224 e. The van der Waals surface area contributed by atoms with E-state index in [9.17, 15) is 18.0 Å². The predicted molar refractivity (Wildman–Crippen MR) is 74.3 cm³/mol. The van der Waals surface area contributed by atoms with Crippen LogP contribution < -0.4 is 10.5 Å². The number of halogens is 1. The summed E-state index contributed by atoms with van der Waals surface area (Å²) in [4.78, 5) is 22.6. The third-order valence-corrected chi connectivity index (χ3v) is 4.91. The summed E-state index contributed by atoms with van der Waals surface area (Å²) in [5.74, 6) is -1.99. The van der Waals surface area contributed by atoms with Crippen LogP contribution in [-0.4, -0.2) is 38.3 Å². The van der Waals surface area contributed by atoms with Gasteiger partial charge in [-0.15, -0.1) is 11.6 Å². The van der Waals surface area contributed by atoms with Gasteiger partial charge in [0.05, 0.1) is 17.6 Å². The summed E-state index contributed by atoms with van der Waals surface area (Å²) >= 11 is 5.69. The van der Waals surface area contributed by atoms with Crippen LogP contribution in [0, 0.1) is 5.41 Å². The summed E-state index contributed by atoms with van der Waals surface area (Å²) in [6.07, 6.45) is 1.07. The van der Waals surface area contributed by atoms with E-state index in [1.807, 2.05) is 6.92 Å². The molecule has 1 amide bonds. The number of hydrogen-bond acceptors (Lipinski definition) is 4. The first kappa shape index (κ1) is 18.3. The van der Waals surface area contributed by atoms with E-state index in [1.165, 1.54) is 6.92 Å². The number of rotatable bonds is 10. The molecule has 19 heavy (non-hydrogen) atoms. The minimum atomic E-state index is -3.61. The lowest BCUT2D eigenvalue weighted by molar-refractivity contribution is -0.131. The average molecular weight is 313 g/mol. The van der Waals surface area contributed by atoms with Gasteiger partial charge < -0.3 is 5.73 Å². The SMILES string of the molecule is CCCCNS(=O)(=O)CC(C)(CCl)C(=O)CC(N)=O. The molecule has 1 atom stereocenters. The third kappa shape index (κ3) is 6.89. The van der Waals surface area contributed by atoms with Crippen LogP contribution in [-0.2, 0) is 19.6 Å². The van der Waals surface area contributed by atoms with Crippen LogP contribution in [0.2, 0.25) is 0 Å². The molecule has 0 spiro atoms. The normalized spacial score (nSPS) is 14.9. The van der Waals surface area contributed by atoms with Gasteiger partial charge in [-0.1, -0.05) is 20.3 Å². The Labute approximate surface area is 119 Å². The first-order valence-corrected chi connectivity index (χ1v) is 8.20. The molecule has 0 radical (unpaired) electrons. The summed E-state index contributed by atoms with van der Waals surface area (Å²) in [5.41, 5.74) is 3.63. The lowest BCUT2D eigenvalue weighted by Gasteiger charge is -2.24. The second-order valence-corrected chi connectivity index (χ2v) is 6.84. The molecule has 112 valence electrons. The van der Waals surface area contributed by atoms with Crippen LogP contribution >= 0.6 is 11.6 Å². The summed E-state index contributed by atoms with van der Waals surface area (Å²) in [7, 11) is -3.61. The minimum Gasteiger partial charge on any atom is -0.369 e. The number of carbonyl (C=O) groups excluding carboxylic acids is 2. The van der Waals surface area contributed by atoms with Crippen LogP contribution in [0.1, 0.15) is 33.1 Å². The van der Waals surface area contributed by atoms with Gasteiger partial charge in [0.1, 0.15) is 5.78 Å². The largest absolute Gasteiger partial charge is 0.369 e. The number of nitrogens with two attached hydrogens (primary N) is 1. The molecule has 0 saturated heterocycles. The van der Waals surface area contributed by atoms with E-state index in [2.05, 4.69) is 4.72 Å². The highest BCUT2D eigenvalue weighted by molar-refractivity contribution is 7.89. The lowest BCUT2D eigenvalue weighted by atomic mass is 9.88. The number of amides is 1. The molecule has 3 N–H and O–H groups in total. The zero-order valence-corrected chi connectivity index (χ0v) is 12.8. The third-order valence-electron chi connectivity index (χ3n) is 2.66. The van der Waals surface area contributed by atoms with Crippen molar-refractivity contribution in [2.75, 3.05) is 18.2 Å². The summed E-state index contributed by atoms with van der Waals surface area (Å²) in [6, 6.07) is 0. The van der Waals surface area contributed by atoms with E-state index < -0.39 is 39.3 Å². The number of sulfonamides is 1. The molecule has 0 heterocycles. The van der Waals surface area contributed by atoms with Crippen LogP contribution in [0.3, 0.4) is 0 Å². The number of hydrogen-bond donors (Lipinski definition) is 2. The molecule has 0 aliphatic carbocycles. The fraction of sp³-hybridized carbons (Fsp3) is 0.818. The summed E-state index contributed by atoms with van der Waals surface area (Å²) in [6.45, 7) is 3.68. The molecular weight excluding hydrogens is 292 g/mol. The van der Waals surface area contributed by atoms with Gasteiger partial charge in [0.2, 0.25) is 15.9 Å². The Hall–Kier alpha value is -0.660. The molecule has 1 unspecified atom stereocenters. The fourth-order valence-corrected chi connectivity index (χ4v) is 3.45. The Morgan fingerprint density at radius 2 is 1.95 bits per heavy atom. The summed E-state index contributed by atoms with van der Waals surface area (Å²) < 4.78 is 26.1. The topological polar surface area (TPSA) is 106 Å². The number of unbranched alkanes of at least 4 members (excludes halogenated alkanes) is 1. The van der Waals surface area contributed by atoms with Gasteiger partial charge in [-0.25, -0.2) is 13.1 Å². The second-order valence-electron chi connectivity index (χ2n) is 4.77. The maximum atomic E-state index is 11.8. The molecule has 6 nitrogen and oxygen atoms in total. The summed E-state index contributed by atoms with van der Waals surface area (Å²) in [5, 5.41) is 0. The van der Waals surface area contributed by atoms with E-state index in [-0.39, 0.29) is 5.88 Å². The molecule has 0 bridgehead atoms. The highest BCUT2D eigenvalue weighted by atomic mass is 35.5. The second kappa shape index (κ2) is 7.81. The Kier molecular flexibility index (Phi) is 7.54. The fourth-order valence-electron chi connectivity index (χ4n) is 1.44. The van der Waals surface area contributed by atoms with Crippen LogP contribution in [0.15, 0.2) is 0 Å². The Bertz CT molecular complexity index is 424. The van der Waals surface area contributed by atoms with Crippen molar-refractivity contribution in [3.63, 3.8) is 0 Å². The van der Waals surface area contributed by atoms with Crippen LogP contribution in [0.4, 0.5) is 0 Å². The van der Waals surface area contributed by atoms with Gasteiger partial charge in [-0.05, 0) is 6.42 Å². The Balaban J connectivity index is 4.77. The van der Waals surface area contributed by atoms with Gasteiger partial charge in [0.15, 0.2) is 0 Å². The van der Waals surface area contributed by atoms with Gasteiger partial charge in [-0.2, -0.15) is 0 Å². The maximum absolute atomic E-state index is 11.8. The van der Waals surface area contributed by atoms with Crippen molar-refractivity contribution >= 4 is 33.3 Å². The predicted octanol–water partition coefficient (Wildman–Crippen LogP) is 0.396. The van der Waals surface area contributed by atoms with E-state index >= 15 is 0 Å². The number of primary amides is 1. The standard InChI is InChI=1S/C11H21ClN2O4S/c1-3-4-5-14-19(17,18)8-11(2,7-12)9(15)6-10(13)16/h14H,3-8H2,1-2H3,(H2,13,16). The van der Waals surface area contributed by atoms with Crippen molar-refractivity contribution in [3.05, 3.63) is 0 Å². The molecule has 0 aromatic carbocycles. The number of ketones is 1. The Morgan fingerprint density at radius 3 is 2.37 bits per heavy atom. The van der Waals surface area contributed by atoms with E-state index in [4.69, 9.17) is 17.3 Å². The first-order chi connectivity index (χ1) is 8.67. The van der Waals surface area contributed by atoms with Crippen molar-refractivity contribution in [3.8, 4) is 0 Å². The number of Topliss-reactive ketones (excluding diaryl/α,β-unsaturated/α-hetero) is 1. The highest BCUT2D eigenvalue weighted by Crippen LogP contribution is 2.23. The molecule has 0 fully saturated rings. The molecule has 0 rings (SSSR count). The number of nitrogens with one attached hydrogen (secondary N) is 1. The smallest absolute Gasteiger partial charge is 0.224 e. The molecule has 0 aromatic rings. The monoisotopic (exact) mass is 312 g/mol. The van der Waals surface area contributed by atoms with Crippen molar-refractivity contribution in [1.29, 1.82) is 0 Å². The average Bonchev–Trinajstić information content (AvgIpc) is 2.27. The van der Waals surface area contributed by atoms with Crippen molar-refractivity contribution < 1.29 is 18.0 Å². The van der Waals surface area contributed by atoms with Crippen LogP contribution in [0.5, 0.6) is 0 Å². The quantitative estimate of drug-likeness (QED) is 0.346. The number of carbonyl (C=O) groups is 2.